The van der Waals surface area contributed by atoms with Crippen LogP contribution in [0.4, 0.5) is 5.82 Å². The predicted octanol–water partition coefficient (Wildman–Crippen LogP) is 4.70. The van der Waals surface area contributed by atoms with E-state index in [0.717, 1.165) is 18.2 Å². The van der Waals surface area contributed by atoms with Gasteiger partial charge in [-0.3, -0.25) is 4.79 Å². The largest absolute Gasteiger partial charge is 0.478 e. The van der Waals surface area contributed by atoms with Gasteiger partial charge < -0.3 is 20.1 Å². The van der Waals surface area contributed by atoms with E-state index in [0.29, 0.717) is 40.9 Å². The van der Waals surface area contributed by atoms with Crippen molar-refractivity contribution in [1.82, 2.24) is 25.1 Å². The highest BCUT2D eigenvalue weighted by Crippen LogP contribution is 2.32. The Bertz CT molecular complexity index is 1430. The number of amides is 1. The number of hydrogen-bond donors (Lipinski definition) is 2. The third-order valence-electron chi connectivity index (χ3n) is 5.92. The molecule has 37 heavy (non-hydrogen) atoms. The summed E-state index contributed by atoms with van der Waals surface area (Å²) in [5, 5.41) is 17.8. The number of carbonyl (C=O) groups is 2. The summed E-state index contributed by atoms with van der Waals surface area (Å²) < 4.78 is 7.38. The van der Waals surface area contributed by atoms with E-state index in [9.17, 15) is 14.7 Å². The number of rotatable bonds is 6. The molecule has 0 saturated carbocycles. The van der Waals surface area contributed by atoms with Gasteiger partial charge in [0.25, 0.3) is 5.95 Å². The number of aromatic nitrogens is 4. The van der Waals surface area contributed by atoms with Gasteiger partial charge in [-0.15, -0.1) is 0 Å². The topological polar surface area (TPSA) is 122 Å². The number of nitrogens with one attached hydrogen (secondary N) is 1. The lowest BCUT2D eigenvalue weighted by atomic mass is 10.0. The van der Waals surface area contributed by atoms with Crippen molar-refractivity contribution in [2.45, 2.75) is 33.2 Å². The summed E-state index contributed by atoms with van der Waals surface area (Å²) in [4.78, 5) is 34.4. The molecule has 10 nitrogen and oxygen atoms in total. The minimum Gasteiger partial charge on any atom is -0.478 e. The van der Waals surface area contributed by atoms with Crippen molar-refractivity contribution in [1.29, 1.82) is 0 Å². The maximum Gasteiger partial charge on any atom is 0.338 e. The van der Waals surface area contributed by atoms with Crippen molar-refractivity contribution < 1.29 is 19.4 Å². The van der Waals surface area contributed by atoms with Crippen LogP contribution >= 0.6 is 11.6 Å². The molecule has 4 aromatic rings. The minimum absolute atomic E-state index is 0. The SMILES string of the molecule is C.CC(=O)NC1CCN(c2nc(-n3cc(C(=O)O)cn3)nc3ccc(Oc4ccc(Cl)cc4)cc23)CC1. The molecule has 1 aliphatic heterocycles. The van der Waals surface area contributed by atoms with Gasteiger partial charge in [0.05, 0.1) is 17.3 Å². The highest BCUT2D eigenvalue weighted by molar-refractivity contribution is 6.30. The van der Waals surface area contributed by atoms with Crippen molar-refractivity contribution in [3.05, 3.63) is 65.4 Å². The summed E-state index contributed by atoms with van der Waals surface area (Å²) in [5.74, 6) is 1.09. The zero-order valence-electron chi connectivity index (χ0n) is 19.4. The average Bonchev–Trinajstić information content (AvgIpc) is 3.36. The molecule has 2 aromatic carbocycles. The Labute approximate surface area is 218 Å². The van der Waals surface area contributed by atoms with Gasteiger partial charge in [-0.05, 0) is 55.3 Å². The first-order valence-corrected chi connectivity index (χ1v) is 11.8. The van der Waals surface area contributed by atoms with E-state index in [4.69, 9.17) is 21.3 Å². The number of piperidine rings is 1. The number of carboxylic acids is 1. The van der Waals surface area contributed by atoms with Crippen molar-refractivity contribution in [3.63, 3.8) is 0 Å². The Morgan fingerprint density at radius 2 is 1.78 bits per heavy atom. The van der Waals surface area contributed by atoms with Gasteiger partial charge in [0.1, 0.15) is 17.3 Å². The van der Waals surface area contributed by atoms with Gasteiger partial charge in [0.2, 0.25) is 5.91 Å². The number of nitrogens with zero attached hydrogens (tertiary/aromatic N) is 5. The third-order valence-corrected chi connectivity index (χ3v) is 6.17. The van der Waals surface area contributed by atoms with Crippen LogP contribution in [0.3, 0.4) is 0 Å². The van der Waals surface area contributed by atoms with Crippen LogP contribution in [0, 0.1) is 0 Å². The lowest BCUT2D eigenvalue weighted by Crippen LogP contribution is -2.44. The molecule has 1 aliphatic rings. The number of aromatic carboxylic acids is 1. The summed E-state index contributed by atoms with van der Waals surface area (Å²) in [5.41, 5.74) is 0.706. The fourth-order valence-electron chi connectivity index (χ4n) is 4.19. The van der Waals surface area contributed by atoms with Gasteiger partial charge in [0, 0.05) is 42.7 Å². The Hall–Kier alpha value is -4.18. The predicted molar refractivity (Wildman–Crippen MR) is 141 cm³/mol. The van der Waals surface area contributed by atoms with Crippen molar-refractivity contribution in [3.8, 4) is 17.4 Å². The lowest BCUT2D eigenvalue weighted by molar-refractivity contribution is -0.119. The van der Waals surface area contributed by atoms with E-state index < -0.39 is 5.97 Å². The molecule has 5 rings (SSSR count). The second-order valence-corrected chi connectivity index (χ2v) is 8.96. The Kier molecular flexibility index (Phi) is 7.58. The highest BCUT2D eigenvalue weighted by atomic mass is 35.5. The monoisotopic (exact) mass is 522 g/mol. The van der Waals surface area contributed by atoms with Crippen LogP contribution in [0.5, 0.6) is 11.5 Å². The molecule has 0 bridgehead atoms. The van der Waals surface area contributed by atoms with Crippen LogP contribution in [0.15, 0.2) is 54.9 Å². The Balaban J connectivity index is 0.00000320. The average molecular weight is 523 g/mol. The molecule has 2 N–H and O–H groups in total. The van der Waals surface area contributed by atoms with E-state index in [1.165, 1.54) is 24.0 Å². The zero-order chi connectivity index (χ0) is 25.2. The summed E-state index contributed by atoms with van der Waals surface area (Å²) >= 11 is 5.98. The smallest absolute Gasteiger partial charge is 0.338 e. The highest BCUT2D eigenvalue weighted by Gasteiger charge is 2.24. The first-order chi connectivity index (χ1) is 17.4. The maximum absolute atomic E-state index is 11.5. The summed E-state index contributed by atoms with van der Waals surface area (Å²) in [6.07, 6.45) is 4.18. The number of carbonyl (C=O) groups excluding carboxylic acids is 1. The van der Waals surface area contributed by atoms with Gasteiger partial charge in [-0.2, -0.15) is 10.1 Å². The molecular weight excluding hydrogens is 496 g/mol. The minimum atomic E-state index is -1.08. The molecular formula is C26H27ClN6O4. The second kappa shape index (κ2) is 10.8. The number of hydrogen-bond acceptors (Lipinski definition) is 7. The fourth-order valence-corrected chi connectivity index (χ4v) is 4.32. The van der Waals surface area contributed by atoms with Crippen LogP contribution in [0.25, 0.3) is 16.9 Å². The quantitative estimate of drug-likeness (QED) is 0.373. The van der Waals surface area contributed by atoms with Crippen molar-refractivity contribution in [2.75, 3.05) is 18.0 Å². The Morgan fingerprint density at radius 1 is 1.08 bits per heavy atom. The van der Waals surface area contributed by atoms with Crippen LogP contribution in [-0.4, -0.2) is 55.9 Å². The number of halogens is 1. The molecule has 1 fully saturated rings. The molecule has 3 heterocycles. The van der Waals surface area contributed by atoms with Crippen molar-refractivity contribution >= 4 is 40.2 Å². The van der Waals surface area contributed by atoms with E-state index in [1.807, 2.05) is 18.2 Å². The van der Waals surface area contributed by atoms with E-state index in [-0.39, 0.29) is 30.9 Å². The molecule has 0 radical (unpaired) electrons. The number of anilines is 1. The molecule has 11 heteroatoms. The zero-order valence-corrected chi connectivity index (χ0v) is 20.1. The first kappa shape index (κ1) is 25.9. The summed E-state index contributed by atoms with van der Waals surface area (Å²) in [7, 11) is 0. The summed E-state index contributed by atoms with van der Waals surface area (Å²) in [6.45, 7) is 2.88. The number of carboxylic acid groups (broad SMARTS) is 1. The first-order valence-electron chi connectivity index (χ1n) is 11.4. The molecule has 0 spiro atoms. The fraction of sp³-hybridized carbons (Fsp3) is 0.269. The van der Waals surface area contributed by atoms with Gasteiger partial charge in [-0.25, -0.2) is 14.5 Å². The molecule has 1 amide bonds. The number of benzene rings is 2. The number of ether oxygens (including phenoxy) is 1. The van der Waals surface area contributed by atoms with Gasteiger partial charge in [-0.1, -0.05) is 19.0 Å². The maximum atomic E-state index is 11.5. The molecule has 0 aliphatic carbocycles. The Morgan fingerprint density at radius 3 is 2.43 bits per heavy atom. The van der Waals surface area contributed by atoms with Crippen LogP contribution < -0.4 is 15.0 Å². The van der Waals surface area contributed by atoms with E-state index in [1.54, 1.807) is 24.3 Å². The summed E-state index contributed by atoms with van der Waals surface area (Å²) in [6, 6.07) is 12.7. The third kappa shape index (κ3) is 5.80. The lowest BCUT2D eigenvalue weighted by Gasteiger charge is -2.33. The second-order valence-electron chi connectivity index (χ2n) is 8.52. The van der Waals surface area contributed by atoms with Gasteiger partial charge >= 0.3 is 5.97 Å². The van der Waals surface area contributed by atoms with Crippen LogP contribution in [-0.2, 0) is 4.79 Å². The van der Waals surface area contributed by atoms with Crippen LogP contribution in [0.2, 0.25) is 5.02 Å². The van der Waals surface area contributed by atoms with Crippen molar-refractivity contribution in [2.24, 2.45) is 0 Å². The molecule has 0 unspecified atom stereocenters. The van der Waals surface area contributed by atoms with E-state index >= 15 is 0 Å². The molecule has 2 aromatic heterocycles. The number of fused-ring (bicyclic) bond motifs is 1. The van der Waals surface area contributed by atoms with Gasteiger partial charge in [0.15, 0.2) is 0 Å². The normalized spacial score (nSPS) is 13.7. The van der Waals surface area contributed by atoms with Crippen LogP contribution in [0.1, 0.15) is 37.6 Å². The molecule has 0 atom stereocenters. The molecule has 192 valence electrons. The van der Waals surface area contributed by atoms with E-state index in [2.05, 4.69) is 20.3 Å². The standard InChI is InChI=1S/C25H23ClN6O4.CH4/c1-15(33)28-18-8-10-31(11-9-18)23-21-12-20(36-19-4-2-17(26)3-5-19)6-7-22(21)29-25(30-23)32-14-16(13-27-32)24(34)35;/h2-7,12-14,18H,8-11H2,1H3,(H,28,33)(H,34,35);1H4. The molecule has 1 saturated heterocycles.